The molecular weight excluding hydrogens is 338 g/mol. The van der Waals surface area contributed by atoms with Crippen molar-refractivity contribution < 1.29 is 13.7 Å². The van der Waals surface area contributed by atoms with Crippen LogP contribution in [0.1, 0.15) is 39.2 Å². The van der Waals surface area contributed by atoms with E-state index in [1.54, 1.807) is 21.6 Å². The van der Waals surface area contributed by atoms with Crippen molar-refractivity contribution in [2.45, 2.75) is 33.2 Å². The van der Waals surface area contributed by atoms with Gasteiger partial charge in [0.2, 0.25) is 0 Å². The molecule has 0 aliphatic carbocycles. The fraction of sp³-hybridized carbons (Fsp3) is 0.412. The highest BCUT2D eigenvalue weighted by atomic mass is 16.5. The van der Waals surface area contributed by atoms with Crippen LogP contribution in [0.25, 0.3) is 0 Å². The second kappa shape index (κ2) is 6.32. The van der Waals surface area contributed by atoms with E-state index in [4.69, 9.17) is 8.94 Å². The summed E-state index contributed by atoms with van der Waals surface area (Å²) < 4.78 is 12.5. The van der Waals surface area contributed by atoms with Crippen LogP contribution in [0.4, 0.5) is 0 Å². The number of hydrogen-bond acceptors (Lipinski definition) is 6. The Morgan fingerprint density at radius 3 is 2.88 bits per heavy atom. The highest BCUT2D eigenvalue weighted by Crippen LogP contribution is 2.20. The molecule has 1 aliphatic rings. The fourth-order valence-electron chi connectivity index (χ4n) is 3.21. The number of carbonyl (C=O) groups excluding carboxylic acids is 1. The normalized spacial score (nSPS) is 14.3. The number of carbonyl (C=O) groups is 1. The van der Waals surface area contributed by atoms with E-state index >= 15 is 0 Å². The summed E-state index contributed by atoms with van der Waals surface area (Å²) in [7, 11) is 0. The number of rotatable bonds is 3. The van der Waals surface area contributed by atoms with Gasteiger partial charge in [0.05, 0.1) is 5.69 Å². The van der Waals surface area contributed by atoms with Gasteiger partial charge in [-0.05, 0) is 26.0 Å². The smallest absolute Gasteiger partial charge is 0.343 e. The average Bonchev–Trinajstić information content (AvgIpc) is 3.27. The Labute approximate surface area is 148 Å². The molecule has 3 aromatic heterocycles. The van der Waals surface area contributed by atoms with Crippen LogP contribution in [0.5, 0.6) is 0 Å². The van der Waals surface area contributed by atoms with Crippen LogP contribution < -0.4 is 5.69 Å². The van der Waals surface area contributed by atoms with Crippen molar-refractivity contribution in [1.29, 1.82) is 0 Å². The molecule has 0 aromatic carbocycles. The number of nitrogens with zero attached hydrogens (tertiary/aromatic N) is 4. The van der Waals surface area contributed by atoms with E-state index in [2.05, 4.69) is 15.4 Å². The van der Waals surface area contributed by atoms with Crippen LogP contribution in [-0.2, 0) is 19.4 Å². The van der Waals surface area contributed by atoms with Crippen LogP contribution in [0.15, 0.2) is 25.9 Å². The Balaban J connectivity index is 1.47. The van der Waals surface area contributed by atoms with Crippen molar-refractivity contribution in [3.8, 4) is 0 Å². The maximum Gasteiger partial charge on any atom is 0.343 e. The molecule has 0 fully saturated rings. The lowest BCUT2D eigenvalue weighted by Crippen LogP contribution is -2.34. The van der Waals surface area contributed by atoms with Gasteiger partial charge in [0.25, 0.3) is 5.91 Å². The molecule has 0 radical (unpaired) electrons. The fourth-order valence-corrected chi connectivity index (χ4v) is 3.21. The number of nitrogens with one attached hydrogen (secondary N) is 1. The zero-order valence-electron chi connectivity index (χ0n) is 14.6. The standard InChI is InChI=1S/C17H19N5O4/c1-10-13(11(2)26-20-10)9-12-3-4-14(25-12)16(23)21-6-5-15-18-19-17(24)22(15)8-7-21/h3-4H,5-9H2,1-2H3,(H,19,24). The number of aryl methyl sites for hydroxylation is 2. The molecule has 9 heteroatoms. The quantitative estimate of drug-likeness (QED) is 0.750. The Kier molecular flexibility index (Phi) is 3.98. The van der Waals surface area contributed by atoms with Gasteiger partial charge in [-0.3, -0.25) is 9.36 Å². The van der Waals surface area contributed by atoms with E-state index < -0.39 is 0 Å². The molecule has 9 nitrogen and oxygen atoms in total. The minimum atomic E-state index is -0.242. The lowest BCUT2D eigenvalue weighted by Gasteiger charge is -2.18. The van der Waals surface area contributed by atoms with Crippen molar-refractivity contribution >= 4 is 5.91 Å². The molecule has 0 bridgehead atoms. The molecule has 0 spiro atoms. The maximum absolute atomic E-state index is 12.7. The second-order valence-electron chi connectivity index (χ2n) is 6.38. The van der Waals surface area contributed by atoms with E-state index in [-0.39, 0.29) is 11.6 Å². The summed E-state index contributed by atoms with van der Waals surface area (Å²) in [6.45, 7) is 5.08. The first-order valence-corrected chi connectivity index (χ1v) is 8.46. The molecule has 0 saturated heterocycles. The molecule has 0 atom stereocenters. The molecule has 1 aliphatic heterocycles. The van der Waals surface area contributed by atoms with E-state index in [0.29, 0.717) is 49.8 Å². The summed E-state index contributed by atoms with van der Waals surface area (Å²) in [6, 6.07) is 3.48. The molecule has 26 heavy (non-hydrogen) atoms. The van der Waals surface area contributed by atoms with E-state index in [1.165, 1.54) is 0 Å². The Bertz CT molecular complexity index is 989. The Morgan fingerprint density at radius 1 is 1.27 bits per heavy atom. The van der Waals surface area contributed by atoms with Crippen LogP contribution >= 0.6 is 0 Å². The highest BCUT2D eigenvalue weighted by Gasteiger charge is 2.24. The van der Waals surface area contributed by atoms with Gasteiger partial charge in [0.15, 0.2) is 5.76 Å². The third-order valence-corrected chi connectivity index (χ3v) is 4.73. The van der Waals surface area contributed by atoms with E-state index in [9.17, 15) is 9.59 Å². The minimum absolute atomic E-state index is 0.183. The number of aromatic nitrogens is 4. The zero-order chi connectivity index (χ0) is 18.3. The lowest BCUT2D eigenvalue weighted by atomic mass is 10.1. The largest absolute Gasteiger partial charge is 0.456 e. The summed E-state index contributed by atoms with van der Waals surface area (Å²) in [6.07, 6.45) is 1.05. The minimum Gasteiger partial charge on any atom is -0.456 e. The molecule has 4 heterocycles. The van der Waals surface area contributed by atoms with Crippen LogP contribution in [-0.4, -0.2) is 43.8 Å². The van der Waals surface area contributed by atoms with Gasteiger partial charge in [-0.1, -0.05) is 5.16 Å². The topological polar surface area (TPSA) is 110 Å². The van der Waals surface area contributed by atoms with Crippen LogP contribution in [0.2, 0.25) is 0 Å². The number of amides is 1. The zero-order valence-corrected chi connectivity index (χ0v) is 14.6. The highest BCUT2D eigenvalue weighted by molar-refractivity contribution is 5.91. The molecule has 0 saturated carbocycles. The van der Waals surface area contributed by atoms with Gasteiger partial charge < -0.3 is 13.8 Å². The molecule has 0 unspecified atom stereocenters. The predicted octanol–water partition coefficient (Wildman–Crippen LogP) is 1.06. The number of aromatic amines is 1. The monoisotopic (exact) mass is 357 g/mol. The lowest BCUT2D eigenvalue weighted by molar-refractivity contribution is 0.0725. The SMILES string of the molecule is Cc1noc(C)c1Cc1ccc(C(=O)N2CCc3n[nH]c(=O)n3CC2)o1. The number of furan rings is 1. The van der Waals surface area contributed by atoms with Crippen LogP contribution in [0.3, 0.4) is 0 Å². The second-order valence-corrected chi connectivity index (χ2v) is 6.38. The van der Waals surface area contributed by atoms with Crippen molar-refractivity contribution in [3.05, 3.63) is 57.0 Å². The summed E-state index contributed by atoms with van der Waals surface area (Å²) >= 11 is 0. The van der Waals surface area contributed by atoms with Crippen molar-refractivity contribution in [2.75, 3.05) is 13.1 Å². The Morgan fingerprint density at radius 2 is 2.12 bits per heavy atom. The van der Waals surface area contributed by atoms with Crippen molar-refractivity contribution in [1.82, 2.24) is 24.8 Å². The summed E-state index contributed by atoms with van der Waals surface area (Å²) in [5.74, 6) is 2.21. The van der Waals surface area contributed by atoms with E-state index in [1.807, 2.05) is 13.8 Å². The van der Waals surface area contributed by atoms with Gasteiger partial charge in [-0.15, -0.1) is 0 Å². The summed E-state index contributed by atoms with van der Waals surface area (Å²) in [5, 5.41) is 10.4. The third-order valence-electron chi connectivity index (χ3n) is 4.73. The first-order valence-electron chi connectivity index (χ1n) is 8.46. The molecule has 1 amide bonds. The number of hydrogen-bond donors (Lipinski definition) is 1. The summed E-state index contributed by atoms with van der Waals surface area (Å²) in [5.41, 5.74) is 1.55. The van der Waals surface area contributed by atoms with Gasteiger partial charge in [-0.2, -0.15) is 5.10 Å². The van der Waals surface area contributed by atoms with Gasteiger partial charge in [0.1, 0.15) is 17.3 Å². The predicted molar refractivity (Wildman–Crippen MR) is 89.9 cm³/mol. The van der Waals surface area contributed by atoms with Gasteiger partial charge >= 0.3 is 5.69 Å². The average molecular weight is 357 g/mol. The van der Waals surface area contributed by atoms with Gasteiger partial charge in [0, 0.05) is 38.0 Å². The summed E-state index contributed by atoms with van der Waals surface area (Å²) in [4.78, 5) is 26.1. The van der Waals surface area contributed by atoms with Crippen molar-refractivity contribution in [2.24, 2.45) is 0 Å². The molecular formula is C17H19N5O4. The molecule has 4 rings (SSSR count). The molecule has 1 N–H and O–H groups in total. The number of fused-ring (bicyclic) bond motifs is 1. The van der Waals surface area contributed by atoms with Crippen molar-refractivity contribution in [3.63, 3.8) is 0 Å². The van der Waals surface area contributed by atoms with Crippen LogP contribution in [0, 0.1) is 13.8 Å². The van der Waals surface area contributed by atoms with Gasteiger partial charge in [-0.25, -0.2) is 9.89 Å². The Hall–Kier alpha value is -3.10. The maximum atomic E-state index is 12.7. The first kappa shape index (κ1) is 16.4. The first-order chi connectivity index (χ1) is 12.5. The number of H-pyrrole nitrogens is 1. The molecule has 136 valence electrons. The molecule has 3 aromatic rings. The van der Waals surface area contributed by atoms with E-state index in [0.717, 1.165) is 17.0 Å². The third kappa shape index (κ3) is 2.85.